The lowest BCUT2D eigenvalue weighted by atomic mass is 9.91. The topological polar surface area (TPSA) is 94.9 Å². The molecule has 1 aromatic carbocycles. The lowest BCUT2D eigenvalue weighted by molar-refractivity contribution is -0.384. The molecule has 0 amide bonds. The Labute approximate surface area is 130 Å². The van der Waals surface area contributed by atoms with Crippen molar-refractivity contribution in [3.05, 3.63) is 44.5 Å². The fraction of sp³-hybridized carbons (Fsp3) is 0.286. The van der Waals surface area contributed by atoms with Crippen molar-refractivity contribution in [2.75, 3.05) is 5.73 Å². The minimum atomic E-state index is -0.443. The number of benzene rings is 1. The number of rotatable bonds is 2. The van der Waals surface area contributed by atoms with Gasteiger partial charge in [-0.3, -0.25) is 10.1 Å². The summed E-state index contributed by atoms with van der Waals surface area (Å²) in [5, 5.41) is 10.7. The lowest BCUT2D eigenvalue weighted by Crippen LogP contribution is -2.17. The van der Waals surface area contributed by atoms with Crippen LogP contribution in [0.5, 0.6) is 0 Å². The predicted octanol–water partition coefficient (Wildman–Crippen LogP) is 3.69. The zero-order chi connectivity index (χ0) is 15.8. The summed E-state index contributed by atoms with van der Waals surface area (Å²) in [7, 11) is 0. The van der Waals surface area contributed by atoms with Crippen LogP contribution >= 0.6 is 15.9 Å². The van der Waals surface area contributed by atoms with E-state index in [1.54, 1.807) is 12.1 Å². The number of nitrogens with two attached hydrogens (primary N) is 1. The van der Waals surface area contributed by atoms with Crippen molar-refractivity contribution in [2.45, 2.75) is 26.2 Å². The minimum Gasteiger partial charge on any atom is -0.383 e. The van der Waals surface area contributed by atoms with E-state index in [1.807, 2.05) is 20.8 Å². The average Bonchev–Trinajstić information content (AvgIpc) is 2.40. The maximum Gasteiger partial charge on any atom is 0.269 e. The third-order valence-electron chi connectivity index (χ3n) is 2.92. The van der Waals surface area contributed by atoms with Crippen molar-refractivity contribution in [2.24, 2.45) is 0 Å². The van der Waals surface area contributed by atoms with Crippen LogP contribution in [0.25, 0.3) is 11.4 Å². The number of nitro benzene ring substituents is 1. The fourth-order valence-corrected chi connectivity index (χ4v) is 2.59. The second kappa shape index (κ2) is 5.40. The molecule has 0 saturated heterocycles. The van der Waals surface area contributed by atoms with Gasteiger partial charge in [-0.2, -0.15) is 0 Å². The molecule has 0 aliphatic heterocycles. The number of halogens is 1. The highest BCUT2D eigenvalue weighted by Crippen LogP contribution is 2.33. The third-order valence-corrected chi connectivity index (χ3v) is 3.71. The number of hydrogen-bond donors (Lipinski definition) is 1. The molecule has 0 aliphatic carbocycles. The molecule has 0 unspecified atom stereocenters. The van der Waals surface area contributed by atoms with Gasteiger partial charge in [0.2, 0.25) is 0 Å². The number of nitro groups is 1. The largest absolute Gasteiger partial charge is 0.383 e. The molecule has 0 spiro atoms. The molecular formula is C14H15BrN4O2. The Morgan fingerprint density at radius 2 is 1.76 bits per heavy atom. The van der Waals surface area contributed by atoms with E-state index in [9.17, 15) is 10.1 Å². The van der Waals surface area contributed by atoms with Crippen LogP contribution in [0.1, 0.15) is 26.5 Å². The summed E-state index contributed by atoms with van der Waals surface area (Å²) < 4.78 is 0.681. The van der Waals surface area contributed by atoms with E-state index in [1.165, 1.54) is 12.1 Å². The second-order valence-corrected chi connectivity index (χ2v) is 6.44. The molecule has 110 valence electrons. The number of hydrogen-bond acceptors (Lipinski definition) is 5. The van der Waals surface area contributed by atoms with E-state index in [-0.39, 0.29) is 11.1 Å². The molecule has 0 atom stereocenters. The molecule has 0 saturated carbocycles. The molecular weight excluding hydrogens is 336 g/mol. The summed E-state index contributed by atoms with van der Waals surface area (Å²) >= 11 is 3.41. The van der Waals surface area contributed by atoms with E-state index in [0.717, 1.165) is 5.69 Å². The SMILES string of the molecule is CC(C)(C)c1nc(-c2ccc([N+](=O)[O-])cc2)nc(N)c1Br. The van der Waals surface area contributed by atoms with E-state index in [0.29, 0.717) is 21.7 Å². The normalized spacial score (nSPS) is 11.4. The van der Waals surface area contributed by atoms with Crippen LogP contribution in [0.3, 0.4) is 0 Å². The molecule has 2 rings (SSSR count). The smallest absolute Gasteiger partial charge is 0.269 e. The van der Waals surface area contributed by atoms with Crippen LogP contribution in [-0.2, 0) is 5.41 Å². The first-order valence-electron chi connectivity index (χ1n) is 6.28. The number of non-ortho nitro benzene ring substituents is 1. The maximum absolute atomic E-state index is 10.7. The summed E-state index contributed by atoms with van der Waals surface area (Å²) in [5.74, 6) is 0.804. The van der Waals surface area contributed by atoms with Crippen LogP contribution in [0, 0.1) is 10.1 Å². The zero-order valence-corrected chi connectivity index (χ0v) is 13.5. The van der Waals surface area contributed by atoms with Crippen LogP contribution in [-0.4, -0.2) is 14.9 Å². The molecule has 2 N–H and O–H groups in total. The molecule has 0 bridgehead atoms. The molecule has 7 heteroatoms. The summed E-state index contributed by atoms with van der Waals surface area (Å²) in [6.45, 7) is 6.08. The molecule has 6 nitrogen and oxygen atoms in total. The Morgan fingerprint density at radius 1 is 1.19 bits per heavy atom. The Kier molecular flexibility index (Phi) is 3.95. The summed E-state index contributed by atoms with van der Waals surface area (Å²) in [6, 6.07) is 6.09. The van der Waals surface area contributed by atoms with Gasteiger partial charge in [-0.1, -0.05) is 20.8 Å². The molecule has 1 aromatic heterocycles. The van der Waals surface area contributed by atoms with Gasteiger partial charge in [0.25, 0.3) is 5.69 Å². The Morgan fingerprint density at radius 3 is 2.24 bits per heavy atom. The second-order valence-electron chi connectivity index (χ2n) is 5.65. The summed E-state index contributed by atoms with van der Waals surface area (Å²) in [4.78, 5) is 19.0. The highest BCUT2D eigenvalue weighted by molar-refractivity contribution is 9.10. The average molecular weight is 351 g/mol. The maximum atomic E-state index is 10.7. The first kappa shape index (κ1) is 15.4. The van der Waals surface area contributed by atoms with Gasteiger partial charge in [0.1, 0.15) is 5.82 Å². The van der Waals surface area contributed by atoms with Crippen molar-refractivity contribution in [3.63, 3.8) is 0 Å². The molecule has 21 heavy (non-hydrogen) atoms. The number of anilines is 1. The zero-order valence-electron chi connectivity index (χ0n) is 11.9. The number of nitrogens with zero attached hydrogens (tertiary/aromatic N) is 3. The monoisotopic (exact) mass is 350 g/mol. The van der Waals surface area contributed by atoms with Crippen molar-refractivity contribution >= 4 is 27.4 Å². The number of nitrogen functional groups attached to an aromatic ring is 1. The van der Waals surface area contributed by atoms with Gasteiger partial charge in [-0.15, -0.1) is 0 Å². The first-order chi connectivity index (χ1) is 9.70. The standard InChI is InChI=1S/C14H15BrN4O2/c1-14(2,3)11-10(15)12(16)18-13(17-11)8-4-6-9(7-5-8)19(20)21/h4-7H,1-3H3,(H2,16,17,18). The van der Waals surface area contributed by atoms with Gasteiger partial charge in [-0.25, -0.2) is 9.97 Å². The van der Waals surface area contributed by atoms with Crippen molar-refractivity contribution in [3.8, 4) is 11.4 Å². The fourth-order valence-electron chi connectivity index (χ4n) is 1.82. The number of aromatic nitrogens is 2. The lowest BCUT2D eigenvalue weighted by Gasteiger charge is -2.20. The third kappa shape index (κ3) is 3.18. The van der Waals surface area contributed by atoms with E-state index in [2.05, 4.69) is 25.9 Å². The van der Waals surface area contributed by atoms with Gasteiger partial charge >= 0.3 is 0 Å². The van der Waals surface area contributed by atoms with Crippen molar-refractivity contribution < 1.29 is 4.92 Å². The van der Waals surface area contributed by atoms with Crippen molar-refractivity contribution in [1.82, 2.24) is 9.97 Å². The van der Waals surface area contributed by atoms with Gasteiger partial charge in [0, 0.05) is 23.1 Å². The minimum absolute atomic E-state index is 0.0277. The van der Waals surface area contributed by atoms with Crippen LogP contribution in [0.15, 0.2) is 28.7 Å². The predicted molar refractivity (Wildman–Crippen MR) is 84.9 cm³/mol. The molecule has 1 heterocycles. The van der Waals surface area contributed by atoms with Crippen LogP contribution in [0.4, 0.5) is 11.5 Å². The quantitative estimate of drug-likeness (QED) is 0.658. The molecule has 0 aliphatic rings. The Bertz CT molecular complexity index is 693. The molecule has 0 fully saturated rings. The Balaban J connectivity index is 2.54. The van der Waals surface area contributed by atoms with Gasteiger partial charge < -0.3 is 5.73 Å². The van der Waals surface area contributed by atoms with Gasteiger partial charge in [0.15, 0.2) is 5.82 Å². The highest BCUT2D eigenvalue weighted by atomic mass is 79.9. The molecule has 0 radical (unpaired) electrons. The van der Waals surface area contributed by atoms with Gasteiger partial charge in [0.05, 0.1) is 15.1 Å². The van der Waals surface area contributed by atoms with Gasteiger partial charge in [-0.05, 0) is 28.1 Å². The van der Waals surface area contributed by atoms with Crippen molar-refractivity contribution in [1.29, 1.82) is 0 Å². The molecule has 2 aromatic rings. The first-order valence-corrected chi connectivity index (χ1v) is 7.08. The van der Waals surface area contributed by atoms with E-state index < -0.39 is 4.92 Å². The highest BCUT2D eigenvalue weighted by Gasteiger charge is 2.22. The van der Waals surface area contributed by atoms with Crippen LogP contribution in [0.2, 0.25) is 0 Å². The van der Waals surface area contributed by atoms with Crippen LogP contribution < -0.4 is 5.73 Å². The summed E-state index contributed by atoms with van der Waals surface area (Å²) in [6.07, 6.45) is 0. The summed E-state index contributed by atoms with van der Waals surface area (Å²) in [5.41, 5.74) is 7.23. The Hall–Kier alpha value is -2.02. The van der Waals surface area contributed by atoms with E-state index in [4.69, 9.17) is 5.73 Å². The van der Waals surface area contributed by atoms with E-state index >= 15 is 0 Å².